The minimum Gasteiger partial charge on any atom is -0.343 e. The zero-order valence-electron chi connectivity index (χ0n) is 11.5. The molecule has 1 aliphatic carbocycles. The molecule has 0 bridgehead atoms. The molecule has 0 spiro atoms. The summed E-state index contributed by atoms with van der Waals surface area (Å²) in [5, 5.41) is 0. The molecule has 1 aromatic rings. The van der Waals surface area contributed by atoms with Crippen LogP contribution in [0.4, 0.5) is 5.95 Å². The summed E-state index contributed by atoms with van der Waals surface area (Å²) in [5.41, 5.74) is 8.16. The zero-order valence-corrected chi connectivity index (χ0v) is 11.5. The van der Waals surface area contributed by atoms with Gasteiger partial charge in [-0.3, -0.25) is 0 Å². The molecular weight excluding hydrogens is 224 g/mol. The molecule has 1 heterocycles. The first-order chi connectivity index (χ1) is 8.74. The standard InChI is InChI=1S/C14H24N4/c1-3-4-11-5-6-13-12(9-11)10-16-14(17-13)18(2)8-7-15/h10-11H,3-9,15H2,1-2H3. The fraction of sp³-hybridized carbons (Fsp3) is 0.714. The van der Waals surface area contributed by atoms with Crippen LogP contribution in [0.2, 0.25) is 0 Å². The summed E-state index contributed by atoms with van der Waals surface area (Å²) in [6.07, 6.45) is 8.16. The highest BCUT2D eigenvalue weighted by molar-refractivity contribution is 5.33. The van der Waals surface area contributed by atoms with Gasteiger partial charge in [-0.25, -0.2) is 9.97 Å². The second-order valence-corrected chi connectivity index (χ2v) is 5.25. The summed E-state index contributed by atoms with van der Waals surface area (Å²) >= 11 is 0. The fourth-order valence-corrected chi connectivity index (χ4v) is 2.70. The van der Waals surface area contributed by atoms with E-state index in [1.807, 2.05) is 18.1 Å². The minimum atomic E-state index is 0.634. The van der Waals surface area contributed by atoms with Crippen molar-refractivity contribution in [2.24, 2.45) is 11.7 Å². The third-order valence-electron chi connectivity index (χ3n) is 3.74. The van der Waals surface area contributed by atoms with Gasteiger partial charge in [0.15, 0.2) is 0 Å². The SMILES string of the molecule is CCCC1CCc2nc(N(C)CCN)ncc2C1. The number of nitrogens with zero attached hydrogens (tertiary/aromatic N) is 3. The Kier molecular flexibility index (Phi) is 4.53. The van der Waals surface area contributed by atoms with Gasteiger partial charge in [-0.2, -0.15) is 0 Å². The van der Waals surface area contributed by atoms with Crippen molar-refractivity contribution in [1.82, 2.24) is 9.97 Å². The normalized spacial score (nSPS) is 18.5. The van der Waals surface area contributed by atoms with Crippen molar-refractivity contribution >= 4 is 5.95 Å². The fourth-order valence-electron chi connectivity index (χ4n) is 2.70. The van der Waals surface area contributed by atoms with Gasteiger partial charge in [0, 0.05) is 32.0 Å². The maximum absolute atomic E-state index is 5.56. The summed E-state index contributed by atoms with van der Waals surface area (Å²) in [6, 6.07) is 0. The molecule has 0 aromatic carbocycles. The van der Waals surface area contributed by atoms with Crippen molar-refractivity contribution in [3.05, 3.63) is 17.5 Å². The number of fused-ring (bicyclic) bond motifs is 1. The van der Waals surface area contributed by atoms with Gasteiger partial charge in [-0.1, -0.05) is 19.8 Å². The molecule has 0 saturated heterocycles. The van der Waals surface area contributed by atoms with Crippen LogP contribution in [-0.2, 0) is 12.8 Å². The summed E-state index contributed by atoms with van der Waals surface area (Å²) in [7, 11) is 2.00. The molecule has 18 heavy (non-hydrogen) atoms. The van der Waals surface area contributed by atoms with E-state index >= 15 is 0 Å². The number of hydrogen-bond acceptors (Lipinski definition) is 4. The van der Waals surface area contributed by atoms with E-state index in [1.54, 1.807) is 0 Å². The lowest BCUT2D eigenvalue weighted by Gasteiger charge is -2.25. The van der Waals surface area contributed by atoms with Gasteiger partial charge < -0.3 is 10.6 Å². The topological polar surface area (TPSA) is 55.0 Å². The lowest BCUT2D eigenvalue weighted by atomic mass is 9.85. The molecule has 0 amide bonds. The van der Waals surface area contributed by atoms with Gasteiger partial charge in [0.1, 0.15) is 0 Å². The molecular formula is C14H24N4. The highest BCUT2D eigenvalue weighted by Crippen LogP contribution is 2.27. The van der Waals surface area contributed by atoms with Crippen LogP contribution in [0.3, 0.4) is 0 Å². The number of anilines is 1. The van der Waals surface area contributed by atoms with Gasteiger partial charge in [0.2, 0.25) is 5.95 Å². The van der Waals surface area contributed by atoms with Crippen LogP contribution >= 0.6 is 0 Å². The van der Waals surface area contributed by atoms with Crippen molar-refractivity contribution in [2.75, 3.05) is 25.0 Å². The first-order valence-electron chi connectivity index (χ1n) is 7.00. The second-order valence-electron chi connectivity index (χ2n) is 5.25. The maximum atomic E-state index is 5.56. The number of aryl methyl sites for hydroxylation is 1. The zero-order chi connectivity index (χ0) is 13.0. The molecule has 1 unspecified atom stereocenters. The molecule has 100 valence electrons. The predicted molar refractivity (Wildman–Crippen MR) is 74.8 cm³/mol. The Morgan fingerprint density at radius 2 is 2.33 bits per heavy atom. The molecule has 2 N–H and O–H groups in total. The Labute approximate surface area is 110 Å². The summed E-state index contributed by atoms with van der Waals surface area (Å²) in [6.45, 7) is 3.70. The Balaban J connectivity index is 2.09. The average molecular weight is 248 g/mol. The van der Waals surface area contributed by atoms with Crippen LogP contribution in [0, 0.1) is 5.92 Å². The van der Waals surface area contributed by atoms with Crippen molar-refractivity contribution in [3.63, 3.8) is 0 Å². The molecule has 0 radical (unpaired) electrons. The van der Waals surface area contributed by atoms with Gasteiger partial charge in [0.05, 0.1) is 0 Å². The Morgan fingerprint density at radius 3 is 3.06 bits per heavy atom. The Hall–Kier alpha value is -1.16. The molecule has 0 saturated carbocycles. The lowest BCUT2D eigenvalue weighted by molar-refractivity contribution is 0.417. The monoisotopic (exact) mass is 248 g/mol. The predicted octanol–water partition coefficient (Wildman–Crippen LogP) is 1.78. The first kappa shape index (κ1) is 13.3. The number of hydrogen-bond donors (Lipinski definition) is 1. The molecule has 1 aliphatic rings. The van der Waals surface area contributed by atoms with Crippen molar-refractivity contribution in [2.45, 2.75) is 39.0 Å². The number of nitrogens with two attached hydrogens (primary N) is 1. The molecule has 0 aliphatic heterocycles. The molecule has 2 rings (SSSR count). The summed E-state index contributed by atoms with van der Waals surface area (Å²) in [4.78, 5) is 11.2. The van der Waals surface area contributed by atoms with E-state index in [4.69, 9.17) is 5.73 Å². The van der Waals surface area contributed by atoms with E-state index in [1.165, 1.54) is 30.5 Å². The first-order valence-corrected chi connectivity index (χ1v) is 7.00. The summed E-state index contributed by atoms with van der Waals surface area (Å²) in [5.74, 6) is 1.65. The van der Waals surface area contributed by atoms with Crippen LogP contribution in [0.5, 0.6) is 0 Å². The molecule has 4 nitrogen and oxygen atoms in total. The Bertz CT molecular complexity index is 391. The quantitative estimate of drug-likeness (QED) is 0.863. The van der Waals surface area contributed by atoms with E-state index in [-0.39, 0.29) is 0 Å². The van der Waals surface area contributed by atoms with E-state index in [9.17, 15) is 0 Å². The number of aromatic nitrogens is 2. The van der Waals surface area contributed by atoms with Crippen LogP contribution in [0.15, 0.2) is 6.20 Å². The lowest BCUT2D eigenvalue weighted by Crippen LogP contribution is -2.27. The van der Waals surface area contributed by atoms with Crippen LogP contribution in [0.1, 0.15) is 37.4 Å². The number of likely N-dealkylation sites (N-methyl/N-ethyl adjacent to an activating group) is 1. The highest BCUT2D eigenvalue weighted by atomic mass is 15.2. The van der Waals surface area contributed by atoms with Crippen LogP contribution in [-0.4, -0.2) is 30.1 Å². The van der Waals surface area contributed by atoms with Gasteiger partial charge in [-0.05, 0) is 30.7 Å². The smallest absolute Gasteiger partial charge is 0.225 e. The van der Waals surface area contributed by atoms with Crippen molar-refractivity contribution in [1.29, 1.82) is 0 Å². The molecule has 1 atom stereocenters. The second kappa shape index (κ2) is 6.14. The van der Waals surface area contributed by atoms with Gasteiger partial charge in [0.25, 0.3) is 0 Å². The highest BCUT2D eigenvalue weighted by Gasteiger charge is 2.20. The minimum absolute atomic E-state index is 0.634. The van der Waals surface area contributed by atoms with E-state index < -0.39 is 0 Å². The van der Waals surface area contributed by atoms with Crippen molar-refractivity contribution in [3.8, 4) is 0 Å². The molecule has 4 heteroatoms. The van der Waals surface area contributed by atoms with Gasteiger partial charge >= 0.3 is 0 Å². The van der Waals surface area contributed by atoms with E-state index in [0.717, 1.165) is 31.3 Å². The molecule has 0 fully saturated rings. The Morgan fingerprint density at radius 1 is 1.50 bits per heavy atom. The van der Waals surface area contributed by atoms with E-state index in [2.05, 4.69) is 16.9 Å². The van der Waals surface area contributed by atoms with Gasteiger partial charge in [-0.15, -0.1) is 0 Å². The molecule has 1 aromatic heterocycles. The van der Waals surface area contributed by atoms with Crippen molar-refractivity contribution < 1.29 is 0 Å². The third kappa shape index (κ3) is 2.99. The van der Waals surface area contributed by atoms with Crippen LogP contribution in [0.25, 0.3) is 0 Å². The number of rotatable bonds is 5. The third-order valence-corrected chi connectivity index (χ3v) is 3.74. The van der Waals surface area contributed by atoms with E-state index in [0.29, 0.717) is 6.54 Å². The van der Waals surface area contributed by atoms with Crippen LogP contribution < -0.4 is 10.6 Å². The largest absolute Gasteiger partial charge is 0.343 e. The maximum Gasteiger partial charge on any atom is 0.225 e. The average Bonchev–Trinajstić information content (AvgIpc) is 2.39. The summed E-state index contributed by atoms with van der Waals surface area (Å²) < 4.78 is 0.